The van der Waals surface area contributed by atoms with E-state index in [1.165, 1.54) is 18.1 Å². The summed E-state index contributed by atoms with van der Waals surface area (Å²) in [5, 5.41) is 9.38. The summed E-state index contributed by atoms with van der Waals surface area (Å²) in [6.45, 7) is 1.76. The van der Waals surface area contributed by atoms with Crippen LogP contribution in [0.3, 0.4) is 0 Å². The fraction of sp³-hybridized carbons (Fsp3) is 0.583. The van der Waals surface area contributed by atoms with Crippen LogP contribution in [-0.4, -0.2) is 61.7 Å². The van der Waals surface area contributed by atoms with Gasteiger partial charge in [0.25, 0.3) is 5.91 Å². The van der Waals surface area contributed by atoms with Crippen molar-refractivity contribution in [3.63, 3.8) is 0 Å². The first-order valence-electron chi connectivity index (χ1n) is 6.35. The Hall–Kier alpha value is -1.93. The van der Waals surface area contributed by atoms with E-state index >= 15 is 0 Å². The van der Waals surface area contributed by atoms with Crippen LogP contribution in [0, 0.1) is 0 Å². The van der Waals surface area contributed by atoms with E-state index in [0.717, 1.165) is 0 Å². The molecule has 1 aliphatic rings. The lowest BCUT2D eigenvalue weighted by Gasteiger charge is -2.34. The van der Waals surface area contributed by atoms with Crippen molar-refractivity contribution >= 4 is 11.8 Å². The van der Waals surface area contributed by atoms with Gasteiger partial charge in [-0.3, -0.25) is 9.59 Å². The summed E-state index contributed by atoms with van der Waals surface area (Å²) in [4.78, 5) is 25.7. The molecule has 0 aromatic carbocycles. The van der Waals surface area contributed by atoms with Gasteiger partial charge in [-0.05, 0) is 0 Å². The molecule has 2 amide bonds. The quantitative estimate of drug-likeness (QED) is 0.734. The van der Waals surface area contributed by atoms with Crippen molar-refractivity contribution in [1.82, 2.24) is 20.7 Å². The number of nitrogens with one attached hydrogen (secondary N) is 2. The number of aromatic nitrogens is 1. The molecule has 1 saturated heterocycles. The molecule has 0 bridgehead atoms. The highest BCUT2D eigenvalue weighted by Gasteiger charge is 2.33. The first kappa shape index (κ1) is 14.5. The summed E-state index contributed by atoms with van der Waals surface area (Å²) < 4.78 is 9.91. The molecule has 20 heavy (non-hydrogen) atoms. The summed E-state index contributed by atoms with van der Waals surface area (Å²) >= 11 is 0. The van der Waals surface area contributed by atoms with Crippen LogP contribution in [0.1, 0.15) is 16.2 Å². The number of ether oxygens (including phenoxy) is 1. The third-order valence-electron chi connectivity index (χ3n) is 3.12. The Bertz CT molecular complexity index is 488. The Balaban J connectivity index is 2.14. The highest BCUT2D eigenvalue weighted by atomic mass is 16.5. The number of carbonyl (C=O) groups excluding carboxylic acids is 2. The Labute approximate surface area is 116 Å². The van der Waals surface area contributed by atoms with Crippen LogP contribution in [0.5, 0.6) is 0 Å². The van der Waals surface area contributed by atoms with E-state index in [4.69, 9.17) is 9.26 Å². The average Bonchev–Trinajstić information content (AvgIpc) is 2.94. The van der Waals surface area contributed by atoms with Crippen LogP contribution >= 0.6 is 0 Å². The van der Waals surface area contributed by atoms with Crippen molar-refractivity contribution in [2.45, 2.75) is 12.6 Å². The van der Waals surface area contributed by atoms with E-state index in [1.807, 2.05) is 0 Å². The topological polar surface area (TPSA) is 96.7 Å². The van der Waals surface area contributed by atoms with Crippen LogP contribution in [-0.2, 0) is 16.1 Å². The lowest BCUT2D eigenvalue weighted by molar-refractivity contribution is -0.125. The number of hydrogen-bond acceptors (Lipinski definition) is 6. The zero-order chi connectivity index (χ0) is 14.5. The predicted octanol–water partition coefficient (Wildman–Crippen LogP) is -1.02. The largest absolute Gasteiger partial charge is 0.377 e. The Kier molecular flexibility index (Phi) is 4.70. The molecule has 8 heteroatoms. The molecule has 1 unspecified atom stereocenters. The maximum Gasteiger partial charge on any atom is 0.276 e. The van der Waals surface area contributed by atoms with Crippen molar-refractivity contribution in [3.05, 3.63) is 17.5 Å². The minimum Gasteiger partial charge on any atom is -0.377 e. The van der Waals surface area contributed by atoms with Gasteiger partial charge >= 0.3 is 0 Å². The van der Waals surface area contributed by atoms with Crippen molar-refractivity contribution in [1.29, 1.82) is 0 Å². The molecular formula is C12H18N4O4. The molecule has 2 rings (SSSR count). The first-order chi connectivity index (χ1) is 9.67. The summed E-state index contributed by atoms with van der Waals surface area (Å²) in [7, 11) is 3.08. The molecule has 0 saturated carbocycles. The maximum absolute atomic E-state index is 12.4. The third-order valence-corrected chi connectivity index (χ3v) is 3.12. The number of carbonyl (C=O) groups is 2. The highest BCUT2D eigenvalue weighted by molar-refractivity contribution is 5.96. The average molecular weight is 282 g/mol. The molecule has 0 aliphatic carbocycles. The van der Waals surface area contributed by atoms with Gasteiger partial charge in [0.15, 0.2) is 11.5 Å². The molecule has 1 aromatic rings. The van der Waals surface area contributed by atoms with Crippen LogP contribution < -0.4 is 10.6 Å². The van der Waals surface area contributed by atoms with Gasteiger partial charge in [-0.15, -0.1) is 0 Å². The van der Waals surface area contributed by atoms with E-state index in [1.54, 1.807) is 7.05 Å². The molecule has 8 nitrogen and oxygen atoms in total. The number of likely N-dealkylation sites (N-methyl/N-ethyl adjacent to an activating group) is 1. The number of nitrogens with zero attached hydrogens (tertiary/aromatic N) is 2. The molecule has 0 spiro atoms. The molecule has 110 valence electrons. The SMILES string of the molecule is CNC(=O)C1CNCCN1C(=O)c1cc(COC)on1. The van der Waals surface area contributed by atoms with E-state index in [0.29, 0.717) is 25.4 Å². The third kappa shape index (κ3) is 2.97. The molecule has 1 aromatic heterocycles. The monoisotopic (exact) mass is 282 g/mol. The molecule has 2 N–H and O–H groups in total. The second-order valence-electron chi connectivity index (χ2n) is 4.44. The maximum atomic E-state index is 12.4. The first-order valence-corrected chi connectivity index (χ1v) is 6.35. The summed E-state index contributed by atoms with van der Waals surface area (Å²) in [6.07, 6.45) is 0. The Morgan fingerprint density at radius 1 is 1.65 bits per heavy atom. The van der Waals surface area contributed by atoms with E-state index in [2.05, 4.69) is 15.8 Å². The Morgan fingerprint density at radius 3 is 3.15 bits per heavy atom. The number of methoxy groups -OCH3 is 1. The minimum absolute atomic E-state index is 0.188. The predicted molar refractivity (Wildman–Crippen MR) is 69.0 cm³/mol. The van der Waals surface area contributed by atoms with E-state index in [-0.39, 0.29) is 24.1 Å². The van der Waals surface area contributed by atoms with Crippen LogP contribution in [0.4, 0.5) is 0 Å². The van der Waals surface area contributed by atoms with Gasteiger partial charge in [0.2, 0.25) is 5.91 Å². The van der Waals surface area contributed by atoms with E-state index < -0.39 is 6.04 Å². The molecule has 1 fully saturated rings. The van der Waals surface area contributed by atoms with Crippen molar-refractivity contribution in [2.24, 2.45) is 0 Å². The molecule has 1 aliphatic heterocycles. The normalized spacial score (nSPS) is 18.9. The second kappa shape index (κ2) is 6.49. The molecular weight excluding hydrogens is 264 g/mol. The molecule has 1 atom stereocenters. The number of amides is 2. The fourth-order valence-corrected chi connectivity index (χ4v) is 2.12. The van der Waals surface area contributed by atoms with Crippen molar-refractivity contribution < 1.29 is 18.8 Å². The smallest absolute Gasteiger partial charge is 0.276 e. The zero-order valence-corrected chi connectivity index (χ0v) is 11.5. The van der Waals surface area contributed by atoms with Gasteiger partial charge in [0, 0.05) is 39.9 Å². The van der Waals surface area contributed by atoms with Crippen LogP contribution in [0.25, 0.3) is 0 Å². The lowest BCUT2D eigenvalue weighted by Crippen LogP contribution is -2.59. The van der Waals surface area contributed by atoms with Crippen LogP contribution in [0.2, 0.25) is 0 Å². The number of rotatable bonds is 4. The highest BCUT2D eigenvalue weighted by Crippen LogP contribution is 2.12. The molecule has 0 radical (unpaired) electrons. The van der Waals surface area contributed by atoms with Gasteiger partial charge in [-0.1, -0.05) is 5.16 Å². The number of hydrogen-bond donors (Lipinski definition) is 2. The van der Waals surface area contributed by atoms with Gasteiger partial charge in [-0.2, -0.15) is 0 Å². The van der Waals surface area contributed by atoms with Crippen molar-refractivity contribution in [3.8, 4) is 0 Å². The van der Waals surface area contributed by atoms with Gasteiger partial charge in [-0.25, -0.2) is 0 Å². The second-order valence-corrected chi connectivity index (χ2v) is 4.44. The van der Waals surface area contributed by atoms with Gasteiger partial charge in [0.05, 0.1) is 0 Å². The van der Waals surface area contributed by atoms with Crippen molar-refractivity contribution in [2.75, 3.05) is 33.8 Å². The standard InChI is InChI=1S/C12H18N4O4/c1-13-11(17)10-6-14-3-4-16(10)12(18)9-5-8(7-19-2)20-15-9/h5,10,14H,3-4,6-7H2,1-2H3,(H,13,17). The lowest BCUT2D eigenvalue weighted by atomic mass is 10.1. The summed E-state index contributed by atoms with van der Waals surface area (Å²) in [6, 6.07) is 0.998. The summed E-state index contributed by atoms with van der Waals surface area (Å²) in [5.41, 5.74) is 0.188. The number of piperazine rings is 1. The Morgan fingerprint density at radius 2 is 2.45 bits per heavy atom. The summed E-state index contributed by atoms with van der Waals surface area (Å²) in [5.74, 6) is -0.0418. The minimum atomic E-state index is -0.538. The zero-order valence-electron chi connectivity index (χ0n) is 11.5. The van der Waals surface area contributed by atoms with E-state index in [9.17, 15) is 9.59 Å². The fourth-order valence-electron chi connectivity index (χ4n) is 2.12. The molecule has 2 heterocycles. The van der Waals surface area contributed by atoms with Crippen LogP contribution in [0.15, 0.2) is 10.6 Å². The van der Waals surface area contributed by atoms with Gasteiger partial charge < -0.3 is 24.8 Å². The van der Waals surface area contributed by atoms with Gasteiger partial charge in [0.1, 0.15) is 12.6 Å².